The average molecular weight is 411 g/mol. The minimum Gasteiger partial charge on any atom is -0.322 e. The van der Waals surface area contributed by atoms with E-state index < -0.39 is 15.9 Å². The maximum Gasteiger partial charge on any atom is 0.264 e. The molecule has 2 aromatic rings. The Morgan fingerprint density at radius 3 is 2.21 bits per heavy atom. The summed E-state index contributed by atoms with van der Waals surface area (Å²) >= 11 is 3.37. The summed E-state index contributed by atoms with van der Waals surface area (Å²) in [5.74, 6) is -0.981. The van der Waals surface area contributed by atoms with Crippen LogP contribution >= 0.6 is 15.9 Å². The predicted molar refractivity (Wildman–Crippen MR) is 94.3 cm³/mol. The van der Waals surface area contributed by atoms with E-state index >= 15 is 0 Å². The standard InChI is InChI=1S/C16H15BrN2O4S/c1-10-3-4-12(9-15(10)17)16(21)18-13-5-7-14(8-6-13)24(22,23)19-11(2)20/h3-9H,1-2H3,(H,18,21)(H,19,20). The fraction of sp³-hybridized carbons (Fsp3) is 0.125. The van der Waals surface area contributed by atoms with Crippen LogP contribution in [0.2, 0.25) is 0 Å². The molecule has 8 heteroatoms. The highest BCUT2D eigenvalue weighted by atomic mass is 79.9. The van der Waals surface area contributed by atoms with Crippen LogP contribution in [0.3, 0.4) is 0 Å². The zero-order valence-electron chi connectivity index (χ0n) is 13.0. The number of carbonyl (C=O) groups excluding carboxylic acids is 2. The first kappa shape index (κ1) is 18.2. The molecule has 0 atom stereocenters. The third kappa shape index (κ3) is 4.42. The molecule has 0 saturated carbocycles. The highest BCUT2D eigenvalue weighted by Crippen LogP contribution is 2.19. The first-order valence-electron chi connectivity index (χ1n) is 6.90. The SMILES string of the molecule is CC(=O)NS(=O)(=O)c1ccc(NC(=O)c2ccc(C)c(Br)c2)cc1. The van der Waals surface area contributed by atoms with E-state index in [4.69, 9.17) is 0 Å². The Hall–Kier alpha value is -2.19. The number of rotatable bonds is 4. The topological polar surface area (TPSA) is 92.3 Å². The van der Waals surface area contributed by atoms with Crippen LogP contribution in [0.5, 0.6) is 0 Å². The van der Waals surface area contributed by atoms with Gasteiger partial charge in [-0.25, -0.2) is 13.1 Å². The van der Waals surface area contributed by atoms with Gasteiger partial charge in [0.1, 0.15) is 0 Å². The Labute approximate surface area is 148 Å². The van der Waals surface area contributed by atoms with Crippen molar-refractivity contribution in [2.75, 3.05) is 5.32 Å². The Bertz CT molecular complexity index is 893. The molecule has 2 amide bonds. The summed E-state index contributed by atoms with van der Waals surface area (Å²) in [6.45, 7) is 3.03. The molecule has 2 N–H and O–H groups in total. The Morgan fingerprint density at radius 1 is 1.04 bits per heavy atom. The molecule has 0 fully saturated rings. The molecule has 0 aliphatic rings. The zero-order chi connectivity index (χ0) is 17.9. The lowest BCUT2D eigenvalue weighted by atomic mass is 10.1. The Morgan fingerprint density at radius 2 is 1.67 bits per heavy atom. The van der Waals surface area contributed by atoms with Gasteiger partial charge in [0.15, 0.2) is 0 Å². The molecule has 0 unspecified atom stereocenters. The summed E-state index contributed by atoms with van der Waals surface area (Å²) in [6, 6.07) is 10.8. The molecule has 6 nitrogen and oxygen atoms in total. The lowest BCUT2D eigenvalue weighted by molar-refractivity contribution is -0.117. The first-order chi connectivity index (χ1) is 11.2. The van der Waals surface area contributed by atoms with Crippen LogP contribution in [-0.4, -0.2) is 20.2 Å². The van der Waals surface area contributed by atoms with E-state index in [-0.39, 0.29) is 10.8 Å². The van der Waals surface area contributed by atoms with Gasteiger partial charge >= 0.3 is 0 Å². The zero-order valence-corrected chi connectivity index (χ0v) is 15.4. The van der Waals surface area contributed by atoms with E-state index in [0.717, 1.165) is 17.0 Å². The van der Waals surface area contributed by atoms with E-state index in [2.05, 4.69) is 21.2 Å². The predicted octanol–water partition coefficient (Wildman–Crippen LogP) is 2.83. The van der Waals surface area contributed by atoms with Crippen molar-refractivity contribution in [1.29, 1.82) is 0 Å². The average Bonchev–Trinajstić information content (AvgIpc) is 2.49. The van der Waals surface area contributed by atoms with Crippen molar-refractivity contribution >= 4 is 43.5 Å². The fourth-order valence-electron chi connectivity index (χ4n) is 1.90. The maximum atomic E-state index is 12.2. The van der Waals surface area contributed by atoms with Crippen molar-refractivity contribution in [2.45, 2.75) is 18.7 Å². The number of hydrogen-bond acceptors (Lipinski definition) is 4. The van der Waals surface area contributed by atoms with Crippen molar-refractivity contribution in [2.24, 2.45) is 0 Å². The number of hydrogen-bond donors (Lipinski definition) is 2. The molecular weight excluding hydrogens is 396 g/mol. The molecule has 2 aromatic carbocycles. The second-order valence-electron chi connectivity index (χ2n) is 5.10. The van der Waals surface area contributed by atoms with Crippen molar-refractivity contribution in [1.82, 2.24) is 4.72 Å². The molecule has 2 rings (SSSR count). The third-order valence-electron chi connectivity index (χ3n) is 3.13. The van der Waals surface area contributed by atoms with E-state index in [9.17, 15) is 18.0 Å². The Kier molecular flexibility index (Phi) is 5.40. The number of anilines is 1. The van der Waals surface area contributed by atoms with E-state index in [1.807, 2.05) is 17.7 Å². The fourth-order valence-corrected chi connectivity index (χ4v) is 3.27. The highest BCUT2D eigenvalue weighted by Gasteiger charge is 2.15. The summed E-state index contributed by atoms with van der Waals surface area (Å²) in [5.41, 5.74) is 1.93. The molecular formula is C16H15BrN2O4S. The number of benzene rings is 2. The van der Waals surface area contributed by atoms with Crippen LogP contribution in [-0.2, 0) is 14.8 Å². The van der Waals surface area contributed by atoms with Crippen LogP contribution in [0, 0.1) is 6.92 Å². The van der Waals surface area contributed by atoms with Gasteiger partial charge in [-0.1, -0.05) is 22.0 Å². The van der Waals surface area contributed by atoms with E-state index in [1.165, 1.54) is 24.3 Å². The number of halogens is 1. The van der Waals surface area contributed by atoms with Gasteiger partial charge in [0.25, 0.3) is 15.9 Å². The van der Waals surface area contributed by atoms with Gasteiger partial charge in [0, 0.05) is 22.6 Å². The molecule has 126 valence electrons. The second-order valence-corrected chi connectivity index (χ2v) is 7.64. The first-order valence-corrected chi connectivity index (χ1v) is 9.17. The third-order valence-corrected chi connectivity index (χ3v) is 5.44. The van der Waals surface area contributed by atoms with Crippen LogP contribution in [0.15, 0.2) is 51.8 Å². The second kappa shape index (κ2) is 7.14. The van der Waals surface area contributed by atoms with Crippen LogP contribution in [0.25, 0.3) is 0 Å². The van der Waals surface area contributed by atoms with Gasteiger partial charge in [0.05, 0.1) is 4.90 Å². The summed E-state index contributed by atoms with van der Waals surface area (Å²) < 4.78 is 26.4. The number of aryl methyl sites for hydroxylation is 1. The van der Waals surface area contributed by atoms with Crippen molar-refractivity contribution < 1.29 is 18.0 Å². The molecule has 0 radical (unpaired) electrons. The molecule has 0 aromatic heterocycles. The molecule has 0 heterocycles. The van der Waals surface area contributed by atoms with Gasteiger partial charge in [0.2, 0.25) is 5.91 Å². The number of nitrogens with one attached hydrogen (secondary N) is 2. The van der Waals surface area contributed by atoms with E-state index in [1.54, 1.807) is 12.1 Å². The minimum absolute atomic E-state index is 0.0613. The van der Waals surface area contributed by atoms with Crippen LogP contribution in [0.4, 0.5) is 5.69 Å². The maximum absolute atomic E-state index is 12.2. The number of amides is 2. The number of sulfonamides is 1. The monoisotopic (exact) mass is 410 g/mol. The quantitative estimate of drug-likeness (QED) is 0.810. The summed E-state index contributed by atoms with van der Waals surface area (Å²) in [6.07, 6.45) is 0. The molecule has 0 bridgehead atoms. The van der Waals surface area contributed by atoms with Crippen LogP contribution in [0.1, 0.15) is 22.8 Å². The van der Waals surface area contributed by atoms with Gasteiger partial charge in [-0.2, -0.15) is 0 Å². The lowest BCUT2D eigenvalue weighted by Gasteiger charge is -2.08. The minimum atomic E-state index is -3.89. The normalized spacial score (nSPS) is 11.0. The molecule has 0 spiro atoms. The van der Waals surface area contributed by atoms with Gasteiger partial charge in [-0.05, 0) is 48.9 Å². The van der Waals surface area contributed by atoms with Crippen molar-refractivity contribution in [3.05, 3.63) is 58.1 Å². The smallest absolute Gasteiger partial charge is 0.264 e. The van der Waals surface area contributed by atoms with Crippen molar-refractivity contribution in [3.63, 3.8) is 0 Å². The van der Waals surface area contributed by atoms with Gasteiger partial charge in [-0.15, -0.1) is 0 Å². The summed E-state index contributed by atoms with van der Waals surface area (Å²) in [5, 5.41) is 2.68. The lowest BCUT2D eigenvalue weighted by Crippen LogP contribution is -2.28. The van der Waals surface area contributed by atoms with Crippen molar-refractivity contribution in [3.8, 4) is 0 Å². The van der Waals surface area contributed by atoms with Gasteiger partial charge in [-0.3, -0.25) is 9.59 Å². The summed E-state index contributed by atoms with van der Waals surface area (Å²) in [7, 11) is -3.89. The largest absolute Gasteiger partial charge is 0.322 e. The van der Waals surface area contributed by atoms with E-state index in [0.29, 0.717) is 11.3 Å². The number of carbonyl (C=O) groups is 2. The molecule has 0 aliphatic heterocycles. The van der Waals surface area contributed by atoms with Gasteiger partial charge < -0.3 is 5.32 Å². The highest BCUT2D eigenvalue weighted by molar-refractivity contribution is 9.10. The van der Waals surface area contributed by atoms with Crippen LogP contribution < -0.4 is 10.0 Å². The molecule has 0 aliphatic carbocycles. The molecule has 24 heavy (non-hydrogen) atoms. The Balaban J connectivity index is 2.15. The summed E-state index contributed by atoms with van der Waals surface area (Å²) in [4.78, 5) is 23.0. The molecule has 0 saturated heterocycles.